The molecule has 1 fully saturated rings. The molecule has 5 nitrogen and oxygen atoms in total. The molecule has 0 aliphatic carbocycles. The molecule has 1 atom stereocenters. The van der Waals surface area contributed by atoms with Gasteiger partial charge in [-0.3, -0.25) is 4.79 Å². The molecule has 1 aromatic rings. The molecular weight excluding hydrogens is 266 g/mol. The summed E-state index contributed by atoms with van der Waals surface area (Å²) in [5.41, 5.74) is 8.29. The number of hydrogen-bond acceptors (Lipinski definition) is 4. The zero-order valence-corrected chi connectivity index (χ0v) is 13.1. The first-order valence-corrected chi connectivity index (χ1v) is 7.43. The van der Waals surface area contributed by atoms with Gasteiger partial charge in [-0.15, -0.1) is 0 Å². The average molecular weight is 291 g/mol. The molecule has 1 unspecified atom stereocenters. The molecule has 5 heteroatoms. The van der Waals surface area contributed by atoms with Crippen molar-refractivity contribution in [3.63, 3.8) is 0 Å². The van der Waals surface area contributed by atoms with Crippen molar-refractivity contribution in [2.75, 3.05) is 44.9 Å². The molecule has 2 rings (SSSR count). The number of likely N-dealkylation sites (N-methyl/N-ethyl adjacent to an activating group) is 1. The Kier molecular flexibility index (Phi) is 5.07. The van der Waals surface area contributed by atoms with Crippen LogP contribution in [-0.4, -0.2) is 51.2 Å². The molecular formula is C16H25N3O2. The standard InChI is InChI=1S/C16H25N3O2/c1-18(2)16(20)12-7-8-14(17)15(10-12)19(3)11-13-6-4-5-9-21-13/h7-8,10,13H,4-6,9,11,17H2,1-3H3. The predicted molar refractivity (Wildman–Crippen MR) is 85.7 cm³/mol. The predicted octanol–water partition coefficient (Wildman–Crippen LogP) is 1.98. The van der Waals surface area contributed by atoms with E-state index in [2.05, 4.69) is 4.90 Å². The third-order valence-electron chi connectivity index (χ3n) is 3.85. The molecule has 1 aliphatic heterocycles. The number of anilines is 2. The molecule has 1 amide bonds. The highest BCUT2D eigenvalue weighted by atomic mass is 16.5. The van der Waals surface area contributed by atoms with Crippen molar-refractivity contribution in [2.45, 2.75) is 25.4 Å². The lowest BCUT2D eigenvalue weighted by molar-refractivity contribution is 0.0216. The highest BCUT2D eigenvalue weighted by molar-refractivity contribution is 5.96. The first kappa shape index (κ1) is 15.6. The molecule has 2 N–H and O–H groups in total. The van der Waals surface area contributed by atoms with E-state index in [1.54, 1.807) is 31.1 Å². The SMILES string of the molecule is CN(C)C(=O)c1ccc(N)c(N(C)CC2CCCCO2)c1. The van der Waals surface area contributed by atoms with Gasteiger partial charge >= 0.3 is 0 Å². The minimum Gasteiger partial charge on any atom is -0.397 e. The quantitative estimate of drug-likeness (QED) is 0.862. The topological polar surface area (TPSA) is 58.8 Å². The minimum absolute atomic E-state index is 0.0152. The number of nitrogens with zero attached hydrogens (tertiary/aromatic N) is 2. The fourth-order valence-electron chi connectivity index (χ4n) is 2.62. The van der Waals surface area contributed by atoms with Crippen molar-refractivity contribution in [3.8, 4) is 0 Å². The first-order valence-electron chi connectivity index (χ1n) is 7.43. The number of nitrogens with two attached hydrogens (primary N) is 1. The number of amides is 1. The van der Waals surface area contributed by atoms with Crippen LogP contribution >= 0.6 is 0 Å². The number of carbonyl (C=O) groups excluding carboxylic acids is 1. The Balaban J connectivity index is 2.13. The van der Waals surface area contributed by atoms with Crippen molar-refractivity contribution in [3.05, 3.63) is 23.8 Å². The van der Waals surface area contributed by atoms with E-state index in [1.165, 1.54) is 6.42 Å². The summed E-state index contributed by atoms with van der Waals surface area (Å²) in [6.07, 6.45) is 3.69. The maximum Gasteiger partial charge on any atom is 0.253 e. The third-order valence-corrected chi connectivity index (χ3v) is 3.85. The Bertz CT molecular complexity index is 496. The van der Waals surface area contributed by atoms with E-state index in [-0.39, 0.29) is 12.0 Å². The number of nitrogen functional groups attached to an aromatic ring is 1. The second-order valence-corrected chi connectivity index (χ2v) is 5.84. The maximum absolute atomic E-state index is 12.1. The van der Waals surface area contributed by atoms with Crippen molar-refractivity contribution >= 4 is 17.3 Å². The van der Waals surface area contributed by atoms with Crippen LogP contribution in [0.15, 0.2) is 18.2 Å². The van der Waals surface area contributed by atoms with Gasteiger partial charge in [-0.1, -0.05) is 0 Å². The third kappa shape index (κ3) is 3.88. The zero-order chi connectivity index (χ0) is 15.4. The van der Waals surface area contributed by atoms with Gasteiger partial charge in [0.1, 0.15) is 0 Å². The van der Waals surface area contributed by atoms with Crippen LogP contribution in [0.2, 0.25) is 0 Å². The zero-order valence-electron chi connectivity index (χ0n) is 13.1. The van der Waals surface area contributed by atoms with Gasteiger partial charge in [-0.25, -0.2) is 0 Å². The van der Waals surface area contributed by atoms with E-state index in [0.29, 0.717) is 11.3 Å². The fourth-order valence-corrected chi connectivity index (χ4v) is 2.62. The van der Waals surface area contributed by atoms with E-state index in [4.69, 9.17) is 10.5 Å². The normalized spacial score (nSPS) is 18.3. The van der Waals surface area contributed by atoms with E-state index in [1.807, 2.05) is 13.1 Å². The number of carbonyl (C=O) groups is 1. The molecule has 0 bridgehead atoms. The molecule has 0 spiro atoms. The molecule has 21 heavy (non-hydrogen) atoms. The van der Waals surface area contributed by atoms with Crippen LogP contribution in [-0.2, 0) is 4.74 Å². The monoisotopic (exact) mass is 291 g/mol. The van der Waals surface area contributed by atoms with Crippen LogP contribution in [0.5, 0.6) is 0 Å². The molecule has 116 valence electrons. The highest BCUT2D eigenvalue weighted by Gasteiger charge is 2.18. The van der Waals surface area contributed by atoms with Gasteiger partial charge in [0.2, 0.25) is 0 Å². The Morgan fingerprint density at radius 1 is 1.33 bits per heavy atom. The van der Waals surface area contributed by atoms with Crippen molar-refractivity contribution in [2.24, 2.45) is 0 Å². The van der Waals surface area contributed by atoms with Gasteiger partial charge in [-0.2, -0.15) is 0 Å². The van der Waals surface area contributed by atoms with Crippen LogP contribution in [0.4, 0.5) is 11.4 Å². The molecule has 0 saturated carbocycles. The average Bonchev–Trinajstić information content (AvgIpc) is 2.47. The number of rotatable bonds is 4. The second-order valence-electron chi connectivity index (χ2n) is 5.84. The van der Waals surface area contributed by atoms with E-state index < -0.39 is 0 Å². The summed E-state index contributed by atoms with van der Waals surface area (Å²) in [6.45, 7) is 1.64. The maximum atomic E-state index is 12.1. The lowest BCUT2D eigenvalue weighted by Crippen LogP contribution is -2.34. The van der Waals surface area contributed by atoms with Gasteiger partial charge in [0, 0.05) is 39.9 Å². The van der Waals surface area contributed by atoms with Gasteiger partial charge in [0.25, 0.3) is 5.91 Å². The van der Waals surface area contributed by atoms with Gasteiger partial charge in [-0.05, 0) is 37.5 Å². The summed E-state index contributed by atoms with van der Waals surface area (Å²) >= 11 is 0. The lowest BCUT2D eigenvalue weighted by atomic mass is 10.1. The lowest BCUT2D eigenvalue weighted by Gasteiger charge is -2.29. The Morgan fingerprint density at radius 3 is 2.71 bits per heavy atom. The van der Waals surface area contributed by atoms with Crippen LogP contribution in [0.1, 0.15) is 29.6 Å². The van der Waals surface area contributed by atoms with Crippen LogP contribution in [0, 0.1) is 0 Å². The summed E-state index contributed by atoms with van der Waals surface area (Å²) in [5.74, 6) is -0.0152. The molecule has 1 aromatic carbocycles. The Hall–Kier alpha value is -1.75. The first-order chi connectivity index (χ1) is 9.99. The van der Waals surface area contributed by atoms with Crippen LogP contribution < -0.4 is 10.6 Å². The number of benzene rings is 1. The summed E-state index contributed by atoms with van der Waals surface area (Å²) in [4.78, 5) is 15.7. The van der Waals surface area contributed by atoms with Gasteiger partial charge in [0.15, 0.2) is 0 Å². The van der Waals surface area contributed by atoms with E-state index >= 15 is 0 Å². The summed E-state index contributed by atoms with van der Waals surface area (Å²) in [6, 6.07) is 5.43. The summed E-state index contributed by atoms with van der Waals surface area (Å²) in [7, 11) is 5.49. The van der Waals surface area contributed by atoms with Gasteiger partial charge < -0.3 is 20.3 Å². The van der Waals surface area contributed by atoms with Crippen LogP contribution in [0.3, 0.4) is 0 Å². The number of hydrogen-bond donors (Lipinski definition) is 1. The van der Waals surface area contributed by atoms with Crippen molar-refractivity contribution < 1.29 is 9.53 Å². The molecule has 0 aromatic heterocycles. The summed E-state index contributed by atoms with van der Waals surface area (Å²) in [5, 5.41) is 0. The molecule has 1 aliphatic rings. The number of ether oxygens (including phenoxy) is 1. The Morgan fingerprint density at radius 2 is 2.10 bits per heavy atom. The van der Waals surface area contributed by atoms with Crippen LogP contribution in [0.25, 0.3) is 0 Å². The smallest absolute Gasteiger partial charge is 0.253 e. The summed E-state index contributed by atoms with van der Waals surface area (Å²) < 4.78 is 5.77. The van der Waals surface area contributed by atoms with E-state index in [9.17, 15) is 4.79 Å². The minimum atomic E-state index is -0.0152. The molecule has 0 radical (unpaired) electrons. The van der Waals surface area contributed by atoms with Crippen molar-refractivity contribution in [1.29, 1.82) is 0 Å². The fraction of sp³-hybridized carbons (Fsp3) is 0.562. The molecule has 1 heterocycles. The van der Waals surface area contributed by atoms with E-state index in [0.717, 1.165) is 31.7 Å². The molecule has 1 saturated heterocycles. The Labute approximate surface area is 126 Å². The van der Waals surface area contributed by atoms with Crippen molar-refractivity contribution in [1.82, 2.24) is 4.90 Å². The largest absolute Gasteiger partial charge is 0.397 e. The van der Waals surface area contributed by atoms with Gasteiger partial charge in [0.05, 0.1) is 17.5 Å². The second kappa shape index (κ2) is 6.80. The highest BCUT2D eigenvalue weighted by Crippen LogP contribution is 2.25.